The van der Waals surface area contributed by atoms with Gasteiger partial charge in [0.05, 0.1) is 11.4 Å². The number of nitrogens with one attached hydrogen (secondary N) is 2. The Bertz CT molecular complexity index is 785. The second-order valence-corrected chi connectivity index (χ2v) is 6.43. The van der Waals surface area contributed by atoms with Gasteiger partial charge in [-0.15, -0.1) is 0 Å². The van der Waals surface area contributed by atoms with Crippen molar-refractivity contribution in [1.82, 2.24) is 20.3 Å². The van der Waals surface area contributed by atoms with Crippen molar-refractivity contribution in [3.05, 3.63) is 63.7 Å². The van der Waals surface area contributed by atoms with Crippen LogP contribution in [0.2, 0.25) is 0 Å². The number of allylic oxidation sites excluding steroid dienone is 1. The fourth-order valence-corrected chi connectivity index (χ4v) is 3.09. The summed E-state index contributed by atoms with van der Waals surface area (Å²) in [5.41, 5.74) is 10.9. The maximum absolute atomic E-state index is 6.29. The van der Waals surface area contributed by atoms with E-state index in [1.807, 2.05) is 31.5 Å². The van der Waals surface area contributed by atoms with Gasteiger partial charge in [-0.05, 0) is 42.9 Å². The van der Waals surface area contributed by atoms with Crippen LogP contribution in [-0.2, 0) is 6.42 Å². The number of anilines is 1. The normalized spacial score (nSPS) is 15.7. The predicted octanol–water partition coefficient (Wildman–Crippen LogP) is 2.62. The average molecular weight is 340 g/mol. The standard InChI is InChI=1S/C17H20N6S/c1-11-8-21-17(20-7-5-13-4-3-6-19-9-13)23-15(11)14(18)16-22-12(2)10-24-16/h3-4,6,8-10,22H,5,7,18H2,1-2H3,(H,20,21,23)/b16-14+. The van der Waals surface area contributed by atoms with Gasteiger partial charge in [0.25, 0.3) is 0 Å². The van der Waals surface area contributed by atoms with E-state index in [-0.39, 0.29) is 0 Å². The molecule has 0 amide bonds. The third-order valence-corrected chi connectivity index (χ3v) is 4.58. The molecule has 0 radical (unpaired) electrons. The quantitative estimate of drug-likeness (QED) is 0.771. The summed E-state index contributed by atoms with van der Waals surface area (Å²) in [6.45, 7) is 4.70. The Balaban J connectivity index is 1.70. The smallest absolute Gasteiger partial charge is 0.223 e. The Morgan fingerprint density at radius 2 is 2.21 bits per heavy atom. The lowest BCUT2D eigenvalue weighted by atomic mass is 10.2. The van der Waals surface area contributed by atoms with Gasteiger partial charge in [-0.25, -0.2) is 9.97 Å². The minimum absolute atomic E-state index is 0.579. The van der Waals surface area contributed by atoms with Gasteiger partial charge >= 0.3 is 0 Å². The monoisotopic (exact) mass is 340 g/mol. The van der Waals surface area contributed by atoms with E-state index < -0.39 is 0 Å². The highest BCUT2D eigenvalue weighted by atomic mass is 32.2. The number of hydrogen-bond donors (Lipinski definition) is 3. The molecule has 0 saturated carbocycles. The lowest BCUT2D eigenvalue weighted by Gasteiger charge is -2.11. The Labute approximate surface area is 145 Å². The van der Waals surface area contributed by atoms with Crippen LogP contribution < -0.4 is 16.4 Å². The SMILES string of the molecule is CC1=CS/C(=C(/N)c2nc(NCCc3cccnc3)ncc2C)N1. The molecule has 2 aromatic rings. The lowest BCUT2D eigenvalue weighted by molar-refractivity contribution is 0.964. The van der Waals surface area contributed by atoms with Crippen molar-refractivity contribution < 1.29 is 0 Å². The van der Waals surface area contributed by atoms with Crippen LogP contribution in [0.3, 0.4) is 0 Å². The van der Waals surface area contributed by atoms with Crippen molar-refractivity contribution in [1.29, 1.82) is 0 Å². The van der Waals surface area contributed by atoms with E-state index >= 15 is 0 Å². The molecule has 0 unspecified atom stereocenters. The van der Waals surface area contributed by atoms with E-state index in [9.17, 15) is 0 Å². The molecule has 7 heteroatoms. The first-order valence-electron chi connectivity index (χ1n) is 7.70. The van der Waals surface area contributed by atoms with Crippen LogP contribution in [0.15, 0.2) is 46.9 Å². The summed E-state index contributed by atoms with van der Waals surface area (Å²) in [5.74, 6) is 0.579. The molecule has 124 valence electrons. The van der Waals surface area contributed by atoms with E-state index in [4.69, 9.17) is 5.73 Å². The lowest BCUT2D eigenvalue weighted by Crippen LogP contribution is -2.14. The van der Waals surface area contributed by atoms with E-state index in [0.717, 1.165) is 34.9 Å². The first kappa shape index (κ1) is 16.3. The summed E-state index contributed by atoms with van der Waals surface area (Å²) in [7, 11) is 0. The molecule has 1 aliphatic rings. The van der Waals surface area contributed by atoms with Gasteiger partial charge in [0.15, 0.2) is 0 Å². The second kappa shape index (κ2) is 7.35. The molecular formula is C17H20N6S. The largest absolute Gasteiger partial charge is 0.395 e. The van der Waals surface area contributed by atoms with Gasteiger partial charge in [-0.2, -0.15) is 0 Å². The Hall–Kier alpha value is -2.54. The minimum atomic E-state index is 0.579. The summed E-state index contributed by atoms with van der Waals surface area (Å²) < 4.78 is 0. The number of aromatic nitrogens is 3. The van der Waals surface area contributed by atoms with Crippen LogP contribution in [0, 0.1) is 6.92 Å². The van der Waals surface area contributed by atoms with Crippen molar-refractivity contribution >= 4 is 23.4 Å². The molecule has 0 fully saturated rings. The molecule has 3 rings (SSSR count). The third-order valence-electron chi connectivity index (χ3n) is 3.56. The highest BCUT2D eigenvalue weighted by Crippen LogP contribution is 2.29. The molecule has 0 bridgehead atoms. The summed E-state index contributed by atoms with van der Waals surface area (Å²) in [6.07, 6.45) is 6.29. The zero-order chi connectivity index (χ0) is 16.9. The zero-order valence-corrected chi connectivity index (χ0v) is 14.5. The van der Waals surface area contributed by atoms with Crippen LogP contribution in [0.4, 0.5) is 5.95 Å². The molecular weight excluding hydrogens is 320 g/mol. The summed E-state index contributed by atoms with van der Waals surface area (Å²) in [5, 5.41) is 9.45. The van der Waals surface area contributed by atoms with E-state index in [2.05, 4.69) is 31.7 Å². The number of nitrogens with two attached hydrogens (primary N) is 1. The topological polar surface area (TPSA) is 88.8 Å². The van der Waals surface area contributed by atoms with Gasteiger partial charge in [0.1, 0.15) is 5.03 Å². The number of thioether (sulfide) groups is 1. The fraction of sp³-hybridized carbons (Fsp3) is 0.235. The van der Waals surface area contributed by atoms with Crippen LogP contribution in [0.1, 0.15) is 23.7 Å². The zero-order valence-electron chi connectivity index (χ0n) is 13.7. The Kier molecular flexibility index (Phi) is 5.00. The number of pyridine rings is 1. The second-order valence-electron chi connectivity index (χ2n) is 5.55. The maximum atomic E-state index is 6.29. The minimum Gasteiger partial charge on any atom is -0.395 e. The van der Waals surface area contributed by atoms with Crippen molar-refractivity contribution in [2.45, 2.75) is 20.3 Å². The number of rotatable bonds is 5. The average Bonchev–Trinajstić information content (AvgIpc) is 3.03. The first-order chi connectivity index (χ1) is 11.6. The number of hydrogen-bond acceptors (Lipinski definition) is 7. The molecule has 0 spiro atoms. The highest BCUT2D eigenvalue weighted by Gasteiger charge is 2.15. The van der Waals surface area contributed by atoms with Gasteiger partial charge in [-0.1, -0.05) is 17.8 Å². The predicted molar refractivity (Wildman–Crippen MR) is 98.8 cm³/mol. The molecule has 0 aromatic carbocycles. The molecule has 0 saturated heterocycles. The van der Waals surface area contributed by atoms with Gasteiger partial charge < -0.3 is 16.4 Å². The van der Waals surface area contributed by atoms with Crippen LogP contribution >= 0.6 is 11.8 Å². The molecule has 0 aliphatic carbocycles. The molecule has 4 N–H and O–H groups in total. The fourth-order valence-electron chi connectivity index (χ4n) is 2.29. The van der Waals surface area contributed by atoms with E-state index in [1.165, 1.54) is 5.56 Å². The van der Waals surface area contributed by atoms with Crippen LogP contribution in [0.25, 0.3) is 5.70 Å². The molecule has 24 heavy (non-hydrogen) atoms. The van der Waals surface area contributed by atoms with Crippen molar-refractivity contribution in [3.63, 3.8) is 0 Å². The van der Waals surface area contributed by atoms with Crippen molar-refractivity contribution in [2.24, 2.45) is 5.73 Å². The molecule has 6 nitrogen and oxygen atoms in total. The summed E-state index contributed by atoms with van der Waals surface area (Å²) >= 11 is 1.58. The number of nitrogens with zero attached hydrogens (tertiary/aromatic N) is 3. The summed E-state index contributed by atoms with van der Waals surface area (Å²) in [6, 6.07) is 3.99. The van der Waals surface area contributed by atoms with Crippen molar-refractivity contribution in [3.8, 4) is 0 Å². The summed E-state index contributed by atoms with van der Waals surface area (Å²) in [4.78, 5) is 13.0. The van der Waals surface area contributed by atoms with E-state index in [0.29, 0.717) is 11.6 Å². The Morgan fingerprint density at radius 1 is 1.33 bits per heavy atom. The third kappa shape index (κ3) is 3.86. The first-order valence-corrected chi connectivity index (χ1v) is 8.58. The maximum Gasteiger partial charge on any atom is 0.223 e. The number of aryl methyl sites for hydroxylation is 1. The molecule has 1 aliphatic heterocycles. The molecule has 0 atom stereocenters. The van der Waals surface area contributed by atoms with Gasteiger partial charge in [0, 0.05) is 30.8 Å². The van der Waals surface area contributed by atoms with E-state index in [1.54, 1.807) is 24.2 Å². The molecule has 2 aromatic heterocycles. The van der Waals surface area contributed by atoms with Crippen molar-refractivity contribution in [2.75, 3.05) is 11.9 Å². The van der Waals surface area contributed by atoms with Gasteiger partial charge in [0.2, 0.25) is 5.95 Å². The van der Waals surface area contributed by atoms with Crippen LogP contribution in [-0.4, -0.2) is 21.5 Å². The van der Waals surface area contributed by atoms with Gasteiger partial charge in [-0.3, -0.25) is 4.98 Å². The van der Waals surface area contributed by atoms with Crippen LogP contribution in [0.5, 0.6) is 0 Å². The highest BCUT2D eigenvalue weighted by molar-refractivity contribution is 8.06. The Morgan fingerprint density at radius 3 is 2.92 bits per heavy atom. The molecule has 3 heterocycles.